The quantitative estimate of drug-likeness (QED) is 0.776. The van der Waals surface area contributed by atoms with Crippen LogP contribution in [0.3, 0.4) is 0 Å². The van der Waals surface area contributed by atoms with E-state index in [9.17, 15) is 4.39 Å². The van der Waals surface area contributed by atoms with Crippen molar-refractivity contribution in [2.45, 2.75) is 13.8 Å². The van der Waals surface area contributed by atoms with E-state index in [0.717, 1.165) is 31.9 Å². The van der Waals surface area contributed by atoms with Crippen LogP contribution in [0, 0.1) is 5.82 Å². The average molecular weight is 234 g/mol. The highest BCUT2D eigenvalue weighted by Crippen LogP contribution is 2.17. The summed E-state index contributed by atoms with van der Waals surface area (Å²) < 4.78 is 12.8. The van der Waals surface area contributed by atoms with Crippen molar-refractivity contribution in [2.24, 2.45) is 0 Å². The summed E-state index contributed by atoms with van der Waals surface area (Å²) in [6.07, 6.45) is 2.21. The van der Waals surface area contributed by atoms with Crippen LogP contribution >= 0.6 is 0 Å². The molecule has 2 nitrogen and oxygen atoms in total. The van der Waals surface area contributed by atoms with Crippen LogP contribution in [0.2, 0.25) is 0 Å². The standard InChI is InChI=1S/C14H19FN2/c1-12(2)11-16-7-9-17(10-8-16)14-5-3-13(15)4-6-14/h3-6,11H,7-10H2,1-2H3. The van der Waals surface area contributed by atoms with Gasteiger partial charge < -0.3 is 9.80 Å². The fourth-order valence-electron chi connectivity index (χ4n) is 2.13. The minimum Gasteiger partial charge on any atom is -0.374 e. The maximum atomic E-state index is 12.8. The molecule has 3 heteroatoms. The van der Waals surface area contributed by atoms with E-state index in [1.807, 2.05) is 12.1 Å². The summed E-state index contributed by atoms with van der Waals surface area (Å²) in [6, 6.07) is 6.76. The molecule has 0 unspecified atom stereocenters. The fourth-order valence-corrected chi connectivity index (χ4v) is 2.13. The van der Waals surface area contributed by atoms with Crippen molar-refractivity contribution < 1.29 is 4.39 Å². The third-order valence-electron chi connectivity index (χ3n) is 2.95. The normalized spacial score (nSPS) is 15.9. The molecule has 0 aliphatic carbocycles. The topological polar surface area (TPSA) is 6.48 Å². The van der Waals surface area contributed by atoms with Crippen LogP contribution in [-0.4, -0.2) is 31.1 Å². The van der Waals surface area contributed by atoms with Crippen molar-refractivity contribution in [1.82, 2.24) is 4.90 Å². The van der Waals surface area contributed by atoms with E-state index >= 15 is 0 Å². The fraction of sp³-hybridized carbons (Fsp3) is 0.429. The van der Waals surface area contributed by atoms with E-state index in [-0.39, 0.29) is 5.82 Å². The highest BCUT2D eigenvalue weighted by atomic mass is 19.1. The first kappa shape index (κ1) is 12.0. The molecule has 1 aromatic rings. The Hall–Kier alpha value is -1.51. The molecule has 0 N–H and O–H groups in total. The molecule has 1 heterocycles. The number of halogens is 1. The lowest BCUT2D eigenvalue weighted by atomic mass is 10.2. The molecule has 1 aliphatic rings. The lowest BCUT2D eigenvalue weighted by molar-refractivity contribution is 0.347. The summed E-state index contributed by atoms with van der Waals surface area (Å²) in [5.41, 5.74) is 2.45. The van der Waals surface area contributed by atoms with Gasteiger partial charge in [-0.2, -0.15) is 0 Å². The molecule has 1 fully saturated rings. The third-order valence-corrected chi connectivity index (χ3v) is 2.95. The van der Waals surface area contributed by atoms with Crippen molar-refractivity contribution in [3.63, 3.8) is 0 Å². The summed E-state index contributed by atoms with van der Waals surface area (Å²) in [5.74, 6) is -0.170. The third kappa shape index (κ3) is 3.22. The zero-order valence-electron chi connectivity index (χ0n) is 10.5. The van der Waals surface area contributed by atoms with Crippen molar-refractivity contribution in [3.8, 4) is 0 Å². The molecule has 0 amide bonds. The molecule has 17 heavy (non-hydrogen) atoms. The minimum atomic E-state index is -0.170. The average Bonchev–Trinajstić information content (AvgIpc) is 2.30. The van der Waals surface area contributed by atoms with Crippen molar-refractivity contribution in [3.05, 3.63) is 41.9 Å². The van der Waals surface area contributed by atoms with Gasteiger partial charge in [-0.25, -0.2) is 4.39 Å². The van der Waals surface area contributed by atoms with Crippen molar-refractivity contribution in [1.29, 1.82) is 0 Å². The number of hydrogen-bond acceptors (Lipinski definition) is 2. The SMILES string of the molecule is CC(C)=CN1CCN(c2ccc(F)cc2)CC1. The second-order valence-electron chi connectivity index (χ2n) is 4.71. The van der Waals surface area contributed by atoms with Crippen LogP contribution in [-0.2, 0) is 0 Å². The van der Waals surface area contributed by atoms with Crippen LogP contribution in [0.1, 0.15) is 13.8 Å². The maximum Gasteiger partial charge on any atom is 0.123 e. The van der Waals surface area contributed by atoms with Gasteiger partial charge in [-0.3, -0.25) is 0 Å². The van der Waals surface area contributed by atoms with Crippen LogP contribution in [0.4, 0.5) is 10.1 Å². The molecule has 92 valence electrons. The Morgan fingerprint density at radius 1 is 1.06 bits per heavy atom. The number of piperazine rings is 1. The first-order valence-electron chi connectivity index (χ1n) is 6.05. The first-order valence-corrected chi connectivity index (χ1v) is 6.05. The van der Waals surface area contributed by atoms with Crippen LogP contribution < -0.4 is 4.90 Å². The maximum absolute atomic E-state index is 12.8. The van der Waals surface area contributed by atoms with Crippen molar-refractivity contribution >= 4 is 5.69 Å². The zero-order valence-corrected chi connectivity index (χ0v) is 10.5. The lowest BCUT2D eigenvalue weighted by Crippen LogP contribution is -2.44. The number of anilines is 1. The Morgan fingerprint density at radius 3 is 2.18 bits per heavy atom. The molecule has 2 rings (SSSR count). The van der Waals surface area contributed by atoms with Crippen LogP contribution in [0.25, 0.3) is 0 Å². The predicted molar refractivity (Wildman–Crippen MR) is 69.6 cm³/mol. The Morgan fingerprint density at radius 2 is 1.65 bits per heavy atom. The second-order valence-corrected chi connectivity index (χ2v) is 4.71. The monoisotopic (exact) mass is 234 g/mol. The number of nitrogens with zero attached hydrogens (tertiary/aromatic N) is 2. The summed E-state index contributed by atoms with van der Waals surface area (Å²) in [6.45, 7) is 8.29. The van der Waals surface area contributed by atoms with Gasteiger partial charge in [-0.1, -0.05) is 5.57 Å². The molecule has 1 saturated heterocycles. The minimum absolute atomic E-state index is 0.170. The number of hydrogen-bond donors (Lipinski definition) is 0. The van der Waals surface area contributed by atoms with Gasteiger partial charge in [0.25, 0.3) is 0 Å². The second kappa shape index (κ2) is 5.21. The number of allylic oxidation sites excluding steroid dienone is 1. The molecule has 0 radical (unpaired) electrons. The Labute approximate surface area is 102 Å². The van der Waals surface area contributed by atoms with Gasteiger partial charge in [0.2, 0.25) is 0 Å². The molecular formula is C14H19FN2. The first-order chi connectivity index (χ1) is 8.15. The van der Waals surface area contributed by atoms with E-state index in [4.69, 9.17) is 0 Å². The molecule has 0 spiro atoms. The zero-order chi connectivity index (χ0) is 12.3. The van der Waals surface area contributed by atoms with Gasteiger partial charge in [0.1, 0.15) is 5.82 Å². The Bertz CT molecular complexity index is 385. The largest absolute Gasteiger partial charge is 0.374 e. The molecule has 0 atom stereocenters. The Kier molecular flexibility index (Phi) is 3.67. The molecule has 0 saturated carbocycles. The highest BCUT2D eigenvalue weighted by molar-refractivity contribution is 5.46. The van der Waals surface area contributed by atoms with Crippen molar-refractivity contribution in [2.75, 3.05) is 31.1 Å². The van der Waals surface area contributed by atoms with E-state index in [1.165, 1.54) is 17.7 Å². The Balaban J connectivity index is 1.95. The van der Waals surface area contributed by atoms with Gasteiger partial charge in [-0.05, 0) is 44.3 Å². The van der Waals surface area contributed by atoms with Crippen LogP contribution in [0.15, 0.2) is 36.0 Å². The summed E-state index contributed by atoms with van der Waals surface area (Å²) in [5, 5.41) is 0. The van der Waals surface area contributed by atoms with Gasteiger partial charge in [-0.15, -0.1) is 0 Å². The summed E-state index contributed by atoms with van der Waals surface area (Å²) in [7, 11) is 0. The molecule has 0 bridgehead atoms. The lowest BCUT2D eigenvalue weighted by Gasteiger charge is -2.35. The molecule has 1 aromatic carbocycles. The van der Waals surface area contributed by atoms with E-state index in [1.54, 1.807) is 0 Å². The van der Waals surface area contributed by atoms with E-state index in [0.29, 0.717) is 0 Å². The molecule has 1 aliphatic heterocycles. The number of rotatable bonds is 2. The van der Waals surface area contributed by atoms with Crippen LogP contribution in [0.5, 0.6) is 0 Å². The molecule has 0 aromatic heterocycles. The van der Waals surface area contributed by atoms with E-state index < -0.39 is 0 Å². The van der Waals surface area contributed by atoms with Gasteiger partial charge in [0.15, 0.2) is 0 Å². The van der Waals surface area contributed by atoms with Gasteiger partial charge in [0, 0.05) is 31.9 Å². The van der Waals surface area contributed by atoms with Gasteiger partial charge in [0.05, 0.1) is 0 Å². The van der Waals surface area contributed by atoms with Gasteiger partial charge >= 0.3 is 0 Å². The summed E-state index contributed by atoms with van der Waals surface area (Å²) in [4.78, 5) is 4.64. The molecular weight excluding hydrogens is 215 g/mol. The number of benzene rings is 1. The predicted octanol–water partition coefficient (Wildman–Crippen LogP) is 2.87. The van der Waals surface area contributed by atoms with E-state index in [2.05, 4.69) is 29.8 Å². The summed E-state index contributed by atoms with van der Waals surface area (Å²) >= 11 is 0. The smallest absolute Gasteiger partial charge is 0.123 e. The highest BCUT2D eigenvalue weighted by Gasteiger charge is 2.14.